The molecule has 2 amide bonds. The minimum Gasteiger partial charge on any atom is -0.483 e. The van der Waals surface area contributed by atoms with Gasteiger partial charge in [0, 0.05) is 27.7 Å². The first kappa shape index (κ1) is 19.5. The number of hydrogen-bond acceptors (Lipinski definition) is 4. The van der Waals surface area contributed by atoms with Crippen molar-refractivity contribution in [1.29, 1.82) is 0 Å². The Balaban J connectivity index is 2.01. The first-order valence-corrected chi connectivity index (χ1v) is 8.28. The van der Waals surface area contributed by atoms with E-state index >= 15 is 0 Å². The summed E-state index contributed by atoms with van der Waals surface area (Å²) in [6, 6.07) is 14.7. The van der Waals surface area contributed by atoms with E-state index in [-0.39, 0.29) is 18.4 Å². The average Bonchev–Trinajstić information content (AvgIpc) is 2.65. The number of methoxy groups -OCH3 is 1. The zero-order valence-electron chi connectivity index (χ0n) is 15.3. The molecule has 0 aliphatic heterocycles. The van der Waals surface area contributed by atoms with Crippen LogP contribution < -0.4 is 10.1 Å². The molecule has 0 aromatic heterocycles. The Labute approximate surface area is 153 Å². The normalized spacial score (nSPS) is 10.3. The number of nitrogens with zero attached hydrogens (tertiary/aromatic N) is 1. The number of hydrogen-bond donors (Lipinski definition) is 1. The highest BCUT2D eigenvalue weighted by Gasteiger charge is 2.13. The highest BCUT2D eigenvalue weighted by atomic mass is 16.5. The lowest BCUT2D eigenvalue weighted by molar-refractivity contribution is -0.130. The van der Waals surface area contributed by atoms with E-state index in [0.717, 1.165) is 11.1 Å². The first-order chi connectivity index (χ1) is 12.5. The molecule has 0 saturated heterocycles. The maximum absolute atomic E-state index is 12.5. The van der Waals surface area contributed by atoms with Crippen molar-refractivity contribution in [2.75, 3.05) is 27.8 Å². The van der Waals surface area contributed by atoms with E-state index in [1.165, 1.54) is 4.90 Å². The highest BCUT2D eigenvalue weighted by molar-refractivity contribution is 5.97. The lowest BCUT2D eigenvalue weighted by Gasteiger charge is -2.14. The first-order valence-electron chi connectivity index (χ1n) is 8.28. The van der Waals surface area contributed by atoms with E-state index in [9.17, 15) is 9.59 Å². The summed E-state index contributed by atoms with van der Waals surface area (Å²) in [6.45, 7) is 0.802. The van der Waals surface area contributed by atoms with Gasteiger partial charge in [0.2, 0.25) is 0 Å². The van der Waals surface area contributed by atoms with Crippen LogP contribution in [0.25, 0.3) is 0 Å². The fourth-order valence-corrected chi connectivity index (χ4v) is 2.32. The third-order valence-corrected chi connectivity index (χ3v) is 3.74. The molecule has 2 aromatic rings. The largest absolute Gasteiger partial charge is 0.483 e. The SMILES string of the molecule is COCc1cccc(CNC(=O)c2ccccc2OCC(=O)N(C)C)c1. The second-order valence-electron chi connectivity index (χ2n) is 6.01. The van der Waals surface area contributed by atoms with Gasteiger partial charge >= 0.3 is 0 Å². The monoisotopic (exact) mass is 356 g/mol. The number of amides is 2. The van der Waals surface area contributed by atoms with E-state index in [1.807, 2.05) is 24.3 Å². The van der Waals surface area contributed by atoms with Crippen LogP contribution in [-0.2, 0) is 22.7 Å². The molecule has 0 aliphatic carbocycles. The van der Waals surface area contributed by atoms with Gasteiger partial charge in [-0.1, -0.05) is 36.4 Å². The molecular formula is C20H24N2O4. The van der Waals surface area contributed by atoms with Gasteiger partial charge in [0.25, 0.3) is 11.8 Å². The maximum Gasteiger partial charge on any atom is 0.259 e. The molecule has 0 radical (unpaired) electrons. The lowest BCUT2D eigenvalue weighted by atomic mass is 10.1. The molecule has 26 heavy (non-hydrogen) atoms. The molecule has 0 heterocycles. The summed E-state index contributed by atoms with van der Waals surface area (Å²) in [5, 5.41) is 2.88. The Morgan fingerprint density at radius 2 is 1.77 bits per heavy atom. The third-order valence-electron chi connectivity index (χ3n) is 3.74. The van der Waals surface area contributed by atoms with Crippen LogP contribution in [-0.4, -0.2) is 44.5 Å². The number of ether oxygens (including phenoxy) is 2. The summed E-state index contributed by atoms with van der Waals surface area (Å²) < 4.78 is 10.6. The second kappa shape index (κ2) is 9.58. The van der Waals surface area contributed by atoms with Crippen LogP contribution in [0.15, 0.2) is 48.5 Å². The van der Waals surface area contributed by atoms with Crippen molar-refractivity contribution >= 4 is 11.8 Å². The number of likely N-dealkylation sites (N-methyl/N-ethyl adjacent to an activating group) is 1. The molecule has 1 N–H and O–H groups in total. The minimum absolute atomic E-state index is 0.115. The summed E-state index contributed by atoms with van der Waals surface area (Å²) in [5.74, 6) is -0.0430. The lowest BCUT2D eigenvalue weighted by Crippen LogP contribution is -2.28. The molecule has 0 fully saturated rings. The fourth-order valence-electron chi connectivity index (χ4n) is 2.32. The van der Waals surface area contributed by atoms with Crippen LogP contribution >= 0.6 is 0 Å². The van der Waals surface area contributed by atoms with Crippen molar-refractivity contribution < 1.29 is 19.1 Å². The molecule has 6 heteroatoms. The summed E-state index contributed by atoms with van der Waals surface area (Å²) in [6.07, 6.45) is 0. The molecule has 0 bridgehead atoms. The van der Waals surface area contributed by atoms with Gasteiger partial charge < -0.3 is 19.7 Å². The molecule has 138 valence electrons. The maximum atomic E-state index is 12.5. The van der Waals surface area contributed by atoms with Crippen molar-refractivity contribution in [3.05, 3.63) is 65.2 Å². The fraction of sp³-hybridized carbons (Fsp3) is 0.300. The predicted octanol–water partition coefficient (Wildman–Crippen LogP) is 2.23. The predicted molar refractivity (Wildman–Crippen MR) is 99.0 cm³/mol. The van der Waals surface area contributed by atoms with Gasteiger partial charge in [-0.15, -0.1) is 0 Å². The van der Waals surface area contributed by atoms with Gasteiger partial charge in [0.15, 0.2) is 6.61 Å². The van der Waals surface area contributed by atoms with E-state index in [2.05, 4.69) is 5.32 Å². The number of benzene rings is 2. The van der Waals surface area contributed by atoms with Crippen molar-refractivity contribution in [2.24, 2.45) is 0 Å². The van der Waals surface area contributed by atoms with E-state index in [4.69, 9.17) is 9.47 Å². The summed E-state index contributed by atoms with van der Waals surface area (Å²) >= 11 is 0. The summed E-state index contributed by atoms with van der Waals surface area (Å²) in [5.41, 5.74) is 2.42. The number of rotatable bonds is 8. The Bertz CT molecular complexity index is 759. The Morgan fingerprint density at radius 3 is 2.50 bits per heavy atom. The van der Waals surface area contributed by atoms with Crippen molar-refractivity contribution in [1.82, 2.24) is 10.2 Å². The van der Waals surface area contributed by atoms with Gasteiger partial charge in [-0.3, -0.25) is 9.59 Å². The number of para-hydroxylation sites is 1. The van der Waals surface area contributed by atoms with E-state index in [1.54, 1.807) is 45.5 Å². The van der Waals surface area contributed by atoms with Gasteiger partial charge in [0.1, 0.15) is 5.75 Å². The van der Waals surface area contributed by atoms with Crippen molar-refractivity contribution in [2.45, 2.75) is 13.2 Å². The van der Waals surface area contributed by atoms with Gasteiger partial charge in [-0.05, 0) is 23.3 Å². The third kappa shape index (κ3) is 5.60. The molecule has 2 rings (SSSR count). The zero-order chi connectivity index (χ0) is 18.9. The Hall–Kier alpha value is -2.86. The quantitative estimate of drug-likeness (QED) is 0.788. The molecule has 0 saturated carbocycles. The summed E-state index contributed by atoms with van der Waals surface area (Å²) in [7, 11) is 4.95. The van der Waals surface area contributed by atoms with Gasteiger partial charge in [-0.25, -0.2) is 0 Å². The highest BCUT2D eigenvalue weighted by Crippen LogP contribution is 2.18. The Morgan fingerprint density at radius 1 is 1.04 bits per heavy atom. The molecular weight excluding hydrogens is 332 g/mol. The molecule has 0 unspecified atom stereocenters. The molecule has 0 aliphatic rings. The van der Waals surface area contributed by atoms with Crippen molar-refractivity contribution in [3.8, 4) is 5.75 Å². The molecule has 6 nitrogen and oxygen atoms in total. The second-order valence-corrected chi connectivity index (χ2v) is 6.01. The van der Waals surface area contributed by atoms with Crippen LogP contribution in [0.4, 0.5) is 0 Å². The minimum atomic E-state index is -0.255. The molecule has 0 spiro atoms. The number of carbonyl (C=O) groups excluding carboxylic acids is 2. The van der Waals surface area contributed by atoms with Crippen molar-refractivity contribution in [3.63, 3.8) is 0 Å². The van der Waals surface area contributed by atoms with Crippen LogP contribution in [0.1, 0.15) is 21.5 Å². The number of carbonyl (C=O) groups is 2. The van der Waals surface area contributed by atoms with Crippen LogP contribution in [0, 0.1) is 0 Å². The zero-order valence-corrected chi connectivity index (χ0v) is 15.3. The molecule has 2 aromatic carbocycles. The average molecular weight is 356 g/mol. The molecule has 0 atom stereocenters. The number of nitrogens with one attached hydrogen (secondary N) is 1. The van der Waals surface area contributed by atoms with Gasteiger partial charge in [0.05, 0.1) is 12.2 Å². The standard InChI is InChI=1S/C20H24N2O4/c1-22(2)19(23)14-26-18-10-5-4-9-17(18)20(24)21-12-15-7-6-8-16(11-15)13-25-3/h4-11H,12-14H2,1-3H3,(H,21,24). The van der Waals surface area contributed by atoms with Crippen LogP contribution in [0.2, 0.25) is 0 Å². The van der Waals surface area contributed by atoms with Crippen LogP contribution in [0.5, 0.6) is 5.75 Å². The smallest absolute Gasteiger partial charge is 0.259 e. The Kier molecular flexibility index (Phi) is 7.17. The van der Waals surface area contributed by atoms with E-state index in [0.29, 0.717) is 24.5 Å². The topological polar surface area (TPSA) is 67.9 Å². The van der Waals surface area contributed by atoms with Gasteiger partial charge in [-0.2, -0.15) is 0 Å². The van der Waals surface area contributed by atoms with E-state index < -0.39 is 0 Å². The van der Waals surface area contributed by atoms with Crippen LogP contribution in [0.3, 0.4) is 0 Å². The summed E-state index contributed by atoms with van der Waals surface area (Å²) in [4.78, 5) is 25.6.